The Hall–Kier alpha value is -2.34. The van der Waals surface area contributed by atoms with Gasteiger partial charge in [0.15, 0.2) is 0 Å². The minimum absolute atomic E-state index is 0.241. The lowest BCUT2D eigenvalue weighted by Crippen LogP contribution is -2.05. The van der Waals surface area contributed by atoms with E-state index < -0.39 is 5.97 Å². The molecule has 0 spiro atoms. The summed E-state index contributed by atoms with van der Waals surface area (Å²) in [4.78, 5) is 12.4. The summed E-state index contributed by atoms with van der Waals surface area (Å²) in [5, 5.41) is 0.587. The van der Waals surface area contributed by atoms with Gasteiger partial charge in [0.25, 0.3) is 0 Å². The first-order chi connectivity index (χ1) is 11.0. The lowest BCUT2D eigenvalue weighted by molar-refractivity contribution is 0.0529. The predicted octanol–water partition coefficient (Wildman–Crippen LogP) is 4.76. The third-order valence-corrected chi connectivity index (χ3v) is 4.08. The molecule has 118 valence electrons. The number of carbonyl (C=O) groups is 1. The number of nitrogens with two attached hydrogens (primary N) is 1. The van der Waals surface area contributed by atoms with Crippen LogP contribution in [0.5, 0.6) is 0 Å². The predicted molar refractivity (Wildman–Crippen MR) is 89.7 cm³/mol. The highest BCUT2D eigenvalue weighted by atomic mass is 79.9. The second-order valence-corrected chi connectivity index (χ2v) is 5.76. The molecule has 0 saturated heterocycles. The van der Waals surface area contributed by atoms with Crippen LogP contribution in [0.15, 0.2) is 45.3 Å². The first-order valence-corrected chi connectivity index (χ1v) is 7.75. The number of ether oxygens (including phenoxy) is 1. The standard InChI is InChI=1S/C17H13BrFNO3/c1-2-22-17(21)15-11-7-12(18)13(20)8-14(11)23-16(15)9-3-5-10(19)6-4-9/h3-8H,2,20H2,1H3. The van der Waals surface area contributed by atoms with Crippen molar-refractivity contribution < 1.29 is 18.3 Å². The molecule has 23 heavy (non-hydrogen) atoms. The summed E-state index contributed by atoms with van der Waals surface area (Å²) in [6.07, 6.45) is 0. The van der Waals surface area contributed by atoms with Crippen LogP contribution in [0.1, 0.15) is 17.3 Å². The number of anilines is 1. The molecule has 2 N–H and O–H groups in total. The average Bonchev–Trinajstić information content (AvgIpc) is 2.87. The zero-order chi connectivity index (χ0) is 16.6. The molecule has 1 aromatic heterocycles. The summed E-state index contributed by atoms with van der Waals surface area (Å²) in [7, 11) is 0. The topological polar surface area (TPSA) is 65.5 Å². The molecule has 3 rings (SSSR count). The molecule has 4 nitrogen and oxygen atoms in total. The zero-order valence-corrected chi connectivity index (χ0v) is 13.8. The van der Waals surface area contributed by atoms with E-state index in [-0.39, 0.29) is 12.4 Å². The molecular formula is C17H13BrFNO3. The Bertz CT molecular complexity index is 887. The summed E-state index contributed by atoms with van der Waals surface area (Å²) < 4.78 is 24.7. The smallest absolute Gasteiger partial charge is 0.342 e. The van der Waals surface area contributed by atoms with Crippen LogP contribution in [-0.4, -0.2) is 12.6 Å². The first-order valence-electron chi connectivity index (χ1n) is 6.95. The van der Waals surface area contributed by atoms with Gasteiger partial charge in [-0.25, -0.2) is 9.18 Å². The van der Waals surface area contributed by atoms with Crippen molar-refractivity contribution >= 4 is 38.6 Å². The summed E-state index contributed by atoms with van der Waals surface area (Å²) in [6, 6.07) is 9.06. The quantitative estimate of drug-likeness (QED) is 0.527. The third-order valence-electron chi connectivity index (χ3n) is 3.39. The Morgan fingerprint density at radius 3 is 2.65 bits per heavy atom. The van der Waals surface area contributed by atoms with E-state index in [0.29, 0.717) is 38.0 Å². The number of fused-ring (bicyclic) bond motifs is 1. The van der Waals surface area contributed by atoms with Crippen molar-refractivity contribution in [3.05, 3.63) is 52.3 Å². The van der Waals surface area contributed by atoms with Crippen LogP contribution in [0.4, 0.5) is 10.1 Å². The van der Waals surface area contributed by atoms with E-state index >= 15 is 0 Å². The molecule has 0 aliphatic heterocycles. The summed E-state index contributed by atoms with van der Waals surface area (Å²) in [5.74, 6) is -0.535. The Labute approximate surface area is 140 Å². The van der Waals surface area contributed by atoms with Gasteiger partial charge in [0.05, 0.1) is 6.61 Å². The van der Waals surface area contributed by atoms with Gasteiger partial charge >= 0.3 is 5.97 Å². The molecule has 1 heterocycles. The number of nitrogen functional groups attached to an aromatic ring is 1. The number of halogens is 2. The molecular weight excluding hydrogens is 365 g/mol. The Morgan fingerprint density at radius 2 is 2.00 bits per heavy atom. The van der Waals surface area contributed by atoms with Crippen molar-refractivity contribution in [2.24, 2.45) is 0 Å². The lowest BCUT2D eigenvalue weighted by Gasteiger charge is -2.04. The number of esters is 1. The molecule has 6 heteroatoms. The summed E-state index contributed by atoms with van der Waals surface area (Å²) in [5.41, 5.74) is 7.71. The van der Waals surface area contributed by atoms with Gasteiger partial charge in [-0.1, -0.05) is 0 Å². The van der Waals surface area contributed by atoms with Crippen LogP contribution in [0.3, 0.4) is 0 Å². The fourth-order valence-electron chi connectivity index (χ4n) is 2.34. The maximum atomic E-state index is 13.1. The van der Waals surface area contributed by atoms with Crippen LogP contribution in [0, 0.1) is 5.82 Å². The molecule has 0 bridgehead atoms. The van der Waals surface area contributed by atoms with Gasteiger partial charge in [-0.3, -0.25) is 0 Å². The van der Waals surface area contributed by atoms with E-state index in [9.17, 15) is 9.18 Å². The minimum Gasteiger partial charge on any atom is -0.462 e. The zero-order valence-electron chi connectivity index (χ0n) is 12.2. The fourth-order valence-corrected chi connectivity index (χ4v) is 2.69. The third kappa shape index (κ3) is 2.82. The van der Waals surface area contributed by atoms with E-state index in [1.165, 1.54) is 12.1 Å². The van der Waals surface area contributed by atoms with Crippen molar-refractivity contribution in [1.82, 2.24) is 0 Å². The number of hydrogen-bond donors (Lipinski definition) is 1. The molecule has 0 radical (unpaired) electrons. The molecule has 0 aliphatic carbocycles. The van der Waals surface area contributed by atoms with Crippen LogP contribution in [0.25, 0.3) is 22.3 Å². The lowest BCUT2D eigenvalue weighted by atomic mass is 10.1. The van der Waals surface area contributed by atoms with Crippen molar-refractivity contribution in [1.29, 1.82) is 0 Å². The highest BCUT2D eigenvalue weighted by Crippen LogP contribution is 2.37. The second kappa shape index (κ2) is 6.04. The van der Waals surface area contributed by atoms with Crippen LogP contribution in [0.2, 0.25) is 0 Å². The number of rotatable bonds is 3. The van der Waals surface area contributed by atoms with E-state index in [2.05, 4.69) is 15.9 Å². The van der Waals surface area contributed by atoms with E-state index in [1.54, 1.807) is 31.2 Å². The molecule has 2 aromatic carbocycles. The molecule has 0 fully saturated rings. The van der Waals surface area contributed by atoms with Gasteiger partial charge in [0.1, 0.15) is 22.7 Å². The Morgan fingerprint density at radius 1 is 1.30 bits per heavy atom. The molecule has 3 aromatic rings. The SMILES string of the molecule is CCOC(=O)c1c(-c2ccc(F)cc2)oc2cc(N)c(Br)cc12. The van der Waals surface area contributed by atoms with Crippen molar-refractivity contribution in [2.45, 2.75) is 6.92 Å². The number of carbonyl (C=O) groups excluding carboxylic acids is 1. The molecule has 0 atom stereocenters. The highest BCUT2D eigenvalue weighted by molar-refractivity contribution is 9.10. The first kappa shape index (κ1) is 15.6. The van der Waals surface area contributed by atoms with E-state index in [4.69, 9.17) is 14.9 Å². The average molecular weight is 378 g/mol. The van der Waals surface area contributed by atoms with Gasteiger partial charge in [-0.2, -0.15) is 0 Å². The maximum Gasteiger partial charge on any atom is 0.342 e. The largest absolute Gasteiger partial charge is 0.462 e. The summed E-state index contributed by atoms with van der Waals surface area (Å²) >= 11 is 3.35. The van der Waals surface area contributed by atoms with E-state index in [1.807, 2.05) is 0 Å². The minimum atomic E-state index is -0.498. The number of hydrogen-bond acceptors (Lipinski definition) is 4. The molecule has 0 unspecified atom stereocenters. The number of furan rings is 1. The van der Waals surface area contributed by atoms with Gasteiger partial charge < -0.3 is 14.9 Å². The van der Waals surface area contributed by atoms with Gasteiger partial charge in [0.2, 0.25) is 0 Å². The normalized spacial score (nSPS) is 10.9. The van der Waals surface area contributed by atoms with Crippen LogP contribution < -0.4 is 5.73 Å². The van der Waals surface area contributed by atoms with E-state index in [0.717, 1.165) is 0 Å². The number of benzene rings is 2. The summed E-state index contributed by atoms with van der Waals surface area (Å²) in [6.45, 7) is 1.97. The van der Waals surface area contributed by atoms with Crippen molar-refractivity contribution in [3.8, 4) is 11.3 Å². The molecule has 0 saturated carbocycles. The Kier molecular flexibility index (Phi) is 4.09. The van der Waals surface area contributed by atoms with Gasteiger partial charge in [-0.15, -0.1) is 0 Å². The van der Waals surface area contributed by atoms with Crippen LogP contribution >= 0.6 is 15.9 Å². The second-order valence-electron chi connectivity index (χ2n) is 4.90. The molecule has 0 aliphatic rings. The van der Waals surface area contributed by atoms with Gasteiger partial charge in [-0.05, 0) is 53.2 Å². The highest BCUT2D eigenvalue weighted by Gasteiger charge is 2.24. The van der Waals surface area contributed by atoms with Crippen molar-refractivity contribution in [3.63, 3.8) is 0 Å². The maximum absolute atomic E-state index is 13.1. The fraction of sp³-hybridized carbons (Fsp3) is 0.118. The molecule has 0 amide bonds. The Balaban J connectivity index is 2.29. The van der Waals surface area contributed by atoms with Crippen LogP contribution in [-0.2, 0) is 4.74 Å². The van der Waals surface area contributed by atoms with Gasteiger partial charge in [0, 0.05) is 27.2 Å². The monoisotopic (exact) mass is 377 g/mol. The van der Waals surface area contributed by atoms with Crippen molar-refractivity contribution in [2.75, 3.05) is 12.3 Å².